The third-order valence-electron chi connectivity index (χ3n) is 2.91. The van der Waals surface area contributed by atoms with Gasteiger partial charge in [0.25, 0.3) is 0 Å². The highest BCUT2D eigenvalue weighted by Gasteiger charge is 2.08. The van der Waals surface area contributed by atoms with E-state index in [2.05, 4.69) is 21.2 Å². The van der Waals surface area contributed by atoms with E-state index in [0.717, 1.165) is 10.0 Å². The Hall–Kier alpha value is -1.11. The lowest BCUT2D eigenvalue weighted by Crippen LogP contribution is -2.34. The SMILES string of the molecule is Cc1ccc(OCC(O)CNCCC(=O)N(C)C)c(Br)c1. The van der Waals surface area contributed by atoms with Crippen LogP contribution in [0.4, 0.5) is 0 Å². The van der Waals surface area contributed by atoms with Crippen molar-refractivity contribution in [1.29, 1.82) is 0 Å². The van der Waals surface area contributed by atoms with Crippen molar-refractivity contribution in [3.05, 3.63) is 28.2 Å². The zero-order valence-corrected chi connectivity index (χ0v) is 14.3. The number of hydrogen-bond acceptors (Lipinski definition) is 4. The molecule has 0 aliphatic carbocycles. The van der Waals surface area contributed by atoms with Crippen LogP contribution in [0.15, 0.2) is 22.7 Å². The molecule has 1 atom stereocenters. The second-order valence-corrected chi connectivity index (χ2v) is 6.00. The molecule has 1 aromatic rings. The lowest BCUT2D eigenvalue weighted by molar-refractivity contribution is -0.128. The number of aryl methyl sites for hydroxylation is 1. The zero-order chi connectivity index (χ0) is 15.8. The van der Waals surface area contributed by atoms with Gasteiger partial charge in [-0.1, -0.05) is 6.07 Å². The molecule has 0 spiro atoms. The number of carbonyl (C=O) groups is 1. The van der Waals surface area contributed by atoms with Gasteiger partial charge >= 0.3 is 0 Å². The van der Waals surface area contributed by atoms with Gasteiger partial charge in [-0.25, -0.2) is 0 Å². The maximum Gasteiger partial charge on any atom is 0.223 e. The van der Waals surface area contributed by atoms with Crippen LogP contribution in [0.3, 0.4) is 0 Å². The number of benzene rings is 1. The first-order chi connectivity index (χ1) is 9.90. The highest BCUT2D eigenvalue weighted by atomic mass is 79.9. The predicted molar refractivity (Wildman–Crippen MR) is 86.6 cm³/mol. The molecular weight excluding hydrogens is 336 g/mol. The Kier molecular flexibility index (Phi) is 7.71. The molecule has 5 nitrogen and oxygen atoms in total. The molecule has 0 aromatic heterocycles. The zero-order valence-electron chi connectivity index (χ0n) is 12.7. The molecule has 1 unspecified atom stereocenters. The fourth-order valence-corrected chi connectivity index (χ4v) is 2.26. The molecule has 0 saturated heterocycles. The van der Waals surface area contributed by atoms with Crippen LogP contribution in [0, 0.1) is 6.92 Å². The lowest BCUT2D eigenvalue weighted by atomic mass is 10.2. The number of hydrogen-bond donors (Lipinski definition) is 2. The molecule has 6 heteroatoms. The van der Waals surface area contributed by atoms with Gasteiger partial charge in [0.2, 0.25) is 5.91 Å². The summed E-state index contributed by atoms with van der Waals surface area (Å²) in [6.45, 7) is 3.14. The Bertz CT molecular complexity index is 466. The van der Waals surface area contributed by atoms with E-state index in [1.54, 1.807) is 19.0 Å². The summed E-state index contributed by atoms with van der Waals surface area (Å²) in [6, 6.07) is 5.79. The van der Waals surface area contributed by atoms with Crippen LogP contribution in [0.25, 0.3) is 0 Å². The summed E-state index contributed by atoms with van der Waals surface area (Å²) in [5, 5.41) is 12.9. The fraction of sp³-hybridized carbons (Fsp3) is 0.533. The summed E-state index contributed by atoms with van der Waals surface area (Å²) in [6.07, 6.45) is -0.197. The molecule has 0 heterocycles. The summed E-state index contributed by atoms with van der Waals surface area (Å²) in [7, 11) is 3.45. The maximum absolute atomic E-state index is 11.4. The standard InChI is InChI=1S/C15H23BrN2O3/c1-11-4-5-14(13(16)8-11)21-10-12(19)9-17-7-6-15(20)18(2)3/h4-5,8,12,17,19H,6-7,9-10H2,1-3H3. The number of aliphatic hydroxyl groups excluding tert-OH is 1. The summed E-state index contributed by atoms with van der Waals surface area (Å²) in [5.41, 5.74) is 1.14. The van der Waals surface area contributed by atoms with Crippen LogP contribution in [-0.2, 0) is 4.79 Å². The Morgan fingerprint density at radius 3 is 2.81 bits per heavy atom. The number of nitrogens with one attached hydrogen (secondary N) is 1. The van der Waals surface area contributed by atoms with E-state index in [-0.39, 0.29) is 12.5 Å². The summed E-state index contributed by atoms with van der Waals surface area (Å²) < 4.78 is 6.43. The Balaban J connectivity index is 2.22. The summed E-state index contributed by atoms with van der Waals surface area (Å²) in [5.74, 6) is 0.777. The smallest absolute Gasteiger partial charge is 0.223 e. The number of rotatable bonds is 8. The molecule has 21 heavy (non-hydrogen) atoms. The number of ether oxygens (including phenoxy) is 1. The minimum Gasteiger partial charge on any atom is -0.490 e. The summed E-state index contributed by atoms with van der Waals surface area (Å²) in [4.78, 5) is 12.9. The number of aliphatic hydroxyl groups is 1. The molecule has 0 aliphatic rings. The van der Waals surface area contributed by atoms with E-state index in [1.807, 2.05) is 25.1 Å². The highest BCUT2D eigenvalue weighted by Crippen LogP contribution is 2.25. The van der Waals surface area contributed by atoms with Crippen LogP contribution >= 0.6 is 15.9 Å². The van der Waals surface area contributed by atoms with Crippen molar-refractivity contribution in [3.8, 4) is 5.75 Å². The van der Waals surface area contributed by atoms with E-state index in [0.29, 0.717) is 25.3 Å². The first kappa shape index (κ1) is 17.9. The van der Waals surface area contributed by atoms with Crippen LogP contribution in [-0.4, -0.2) is 55.8 Å². The van der Waals surface area contributed by atoms with E-state index >= 15 is 0 Å². The van der Waals surface area contributed by atoms with Crippen LogP contribution < -0.4 is 10.1 Å². The molecule has 1 amide bonds. The normalized spacial score (nSPS) is 12.0. The third kappa shape index (κ3) is 6.93. The van der Waals surface area contributed by atoms with Gasteiger partial charge in [-0.15, -0.1) is 0 Å². The monoisotopic (exact) mass is 358 g/mol. The molecule has 0 radical (unpaired) electrons. The van der Waals surface area contributed by atoms with Gasteiger partial charge in [0, 0.05) is 33.6 Å². The second-order valence-electron chi connectivity index (χ2n) is 5.14. The molecule has 0 aliphatic heterocycles. The van der Waals surface area contributed by atoms with Crippen molar-refractivity contribution < 1.29 is 14.6 Å². The van der Waals surface area contributed by atoms with Crippen molar-refractivity contribution in [1.82, 2.24) is 10.2 Å². The molecule has 2 N–H and O–H groups in total. The number of carbonyl (C=O) groups excluding carboxylic acids is 1. The predicted octanol–water partition coefficient (Wildman–Crippen LogP) is 1.57. The largest absolute Gasteiger partial charge is 0.490 e. The average molecular weight is 359 g/mol. The first-order valence-electron chi connectivity index (χ1n) is 6.88. The van der Waals surface area contributed by atoms with E-state index in [1.165, 1.54) is 0 Å². The maximum atomic E-state index is 11.4. The van der Waals surface area contributed by atoms with Gasteiger partial charge in [0.15, 0.2) is 0 Å². The van der Waals surface area contributed by atoms with E-state index in [4.69, 9.17) is 4.74 Å². The molecule has 0 saturated carbocycles. The minimum absolute atomic E-state index is 0.0665. The number of nitrogens with zero attached hydrogens (tertiary/aromatic N) is 1. The van der Waals surface area contributed by atoms with Crippen molar-refractivity contribution >= 4 is 21.8 Å². The quantitative estimate of drug-likeness (QED) is 0.692. The Labute approximate surface area is 134 Å². The van der Waals surface area contributed by atoms with Crippen LogP contribution in [0.2, 0.25) is 0 Å². The molecule has 118 valence electrons. The lowest BCUT2D eigenvalue weighted by Gasteiger charge is -2.15. The van der Waals surface area contributed by atoms with E-state index in [9.17, 15) is 9.90 Å². The minimum atomic E-state index is -0.618. The average Bonchev–Trinajstić information content (AvgIpc) is 2.42. The molecule has 0 bridgehead atoms. The summed E-state index contributed by atoms with van der Waals surface area (Å²) >= 11 is 3.43. The van der Waals surface area contributed by atoms with Gasteiger partial charge in [0.05, 0.1) is 4.47 Å². The number of amides is 1. The van der Waals surface area contributed by atoms with Crippen LogP contribution in [0.5, 0.6) is 5.75 Å². The molecule has 1 aromatic carbocycles. The fourth-order valence-electron chi connectivity index (χ4n) is 1.66. The van der Waals surface area contributed by atoms with Crippen LogP contribution in [0.1, 0.15) is 12.0 Å². The van der Waals surface area contributed by atoms with Gasteiger partial charge < -0.3 is 20.1 Å². The first-order valence-corrected chi connectivity index (χ1v) is 7.67. The highest BCUT2D eigenvalue weighted by molar-refractivity contribution is 9.10. The van der Waals surface area contributed by atoms with Gasteiger partial charge in [-0.2, -0.15) is 0 Å². The Morgan fingerprint density at radius 2 is 2.19 bits per heavy atom. The van der Waals surface area contributed by atoms with Gasteiger partial charge in [-0.3, -0.25) is 4.79 Å². The van der Waals surface area contributed by atoms with Crippen molar-refractivity contribution in [2.24, 2.45) is 0 Å². The van der Waals surface area contributed by atoms with Gasteiger partial charge in [-0.05, 0) is 40.5 Å². The number of halogens is 1. The molecule has 1 rings (SSSR count). The third-order valence-corrected chi connectivity index (χ3v) is 3.53. The van der Waals surface area contributed by atoms with Crippen molar-refractivity contribution in [2.45, 2.75) is 19.4 Å². The Morgan fingerprint density at radius 1 is 1.48 bits per heavy atom. The topological polar surface area (TPSA) is 61.8 Å². The van der Waals surface area contributed by atoms with Crippen molar-refractivity contribution in [2.75, 3.05) is 33.8 Å². The van der Waals surface area contributed by atoms with Gasteiger partial charge in [0.1, 0.15) is 18.5 Å². The molecule has 0 fully saturated rings. The van der Waals surface area contributed by atoms with E-state index < -0.39 is 6.10 Å². The van der Waals surface area contributed by atoms with Crippen molar-refractivity contribution in [3.63, 3.8) is 0 Å². The molecular formula is C15H23BrN2O3. The second kappa shape index (κ2) is 9.02.